The molecular formula is C13H18N2O3. The fraction of sp³-hybridized carbons (Fsp3) is 0.385. The molecule has 0 radical (unpaired) electrons. The molecule has 0 heterocycles. The van der Waals surface area contributed by atoms with Gasteiger partial charge in [0.15, 0.2) is 0 Å². The van der Waals surface area contributed by atoms with Crippen molar-refractivity contribution >= 4 is 17.6 Å². The molecule has 1 aromatic carbocycles. The number of anilines is 1. The Morgan fingerprint density at radius 2 is 2.00 bits per heavy atom. The lowest BCUT2D eigenvalue weighted by Crippen LogP contribution is -2.32. The molecule has 5 nitrogen and oxygen atoms in total. The summed E-state index contributed by atoms with van der Waals surface area (Å²) >= 11 is 0. The summed E-state index contributed by atoms with van der Waals surface area (Å²) in [6, 6.07) is 4.88. The van der Waals surface area contributed by atoms with E-state index in [1.54, 1.807) is 6.07 Å². The number of nitrogens with one attached hydrogen (secondary N) is 2. The smallest absolute Gasteiger partial charge is 0.335 e. The van der Waals surface area contributed by atoms with Crippen LogP contribution in [0.3, 0.4) is 0 Å². The highest BCUT2D eigenvalue weighted by Crippen LogP contribution is 2.16. The van der Waals surface area contributed by atoms with Crippen LogP contribution in [0.15, 0.2) is 18.2 Å². The first-order chi connectivity index (χ1) is 8.40. The van der Waals surface area contributed by atoms with Crippen LogP contribution in [-0.4, -0.2) is 29.6 Å². The number of rotatable bonds is 5. The van der Waals surface area contributed by atoms with Gasteiger partial charge < -0.3 is 15.7 Å². The Balaban J connectivity index is 2.74. The van der Waals surface area contributed by atoms with E-state index in [2.05, 4.69) is 10.6 Å². The van der Waals surface area contributed by atoms with Crippen molar-refractivity contribution in [2.24, 2.45) is 0 Å². The van der Waals surface area contributed by atoms with Gasteiger partial charge in [-0.05, 0) is 24.6 Å². The van der Waals surface area contributed by atoms with Gasteiger partial charge in [0.05, 0.1) is 12.1 Å². The predicted molar refractivity (Wildman–Crippen MR) is 69.9 cm³/mol. The third-order valence-electron chi connectivity index (χ3n) is 2.43. The van der Waals surface area contributed by atoms with E-state index in [4.69, 9.17) is 5.11 Å². The third kappa shape index (κ3) is 4.18. The molecule has 1 aromatic rings. The third-order valence-corrected chi connectivity index (χ3v) is 2.43. The van der Waals surface area contributed by atoms with Crippen molar-refractivity contribution in [2.45, 2.75) is 26.8 Å². The van der Waals surface area contributed by atoms with Crippen molar-refractivity contribution in [1.82, 2.24) is 5.32 Å². The zero-order valence-electron chi connectivity index (χ0n) is 10.8. The van der Waals surface area contributed by atoms with Gasteiger partial charge >= 0.3 is 5.97 Å². The van der Waals surface area contributed by atoms with Gasteiger partial charge in [-0.1, -0.05) is 19.9 Å². The highest BCUT2D eigenvalue weighted by molar-refractivity contribution is 5.95. The van der Waals surface area contributed by atoms with Crippen molar-refractivity contribution < 1.29 is 14.7 Å². The Morgan fingerprint density at radius 3 is 2.56 bits per heavy atom. The fourth-order valence-electron chi connectivity index (χ4n) is 1.38. The largest absolute Gasteiger partial charge is 0.478 e. The molecule has 5 heteroatoms. The number of aryl methyl sites for hydroxylation is 1. The highest BCUT2D eigenvalue weighted by Gasteiger charge is 2.09. The van der Waals surface area contributed by atoms with Gasteiger partial charge in [0, 0.05) is 11.7 Å². The Labute approximate surface area is 106 Å². The summed E-state index contributed by atoms with van der Waals surface area (Å²) < 4.78 is 0. The second kappa shape index (κ2) is 6.16. The Morgan fingerprint density at radius 1 is 1.33 bits per heavy atom. The van der Waals surface area contributed by atoms with Gasteiger partial charge in [-0.15, -0.1) is 0 Å². The number of carboxylic acids is 1. The van der Waals surface area contributed by atoms with Gasteiger partial charge in [0.2, 0.25) is 5.91 Å². The molecule has 0 unspecified atom stereocenters. The summed E-state index contributed by atoms with van der Waals surface area (Å²) in [4.78, 5) is 22.5. The van der Waals surface area contributed by atoms with Crippen LogP contribution in [0.2, 0.25) is 0 Å². The van der Waals surface area contributed by atoms with Gasteiger partial charge in [0.1, 0.15) is 0 Å². The van der Waals surface area contributed by atoms with E-state index >= 15 is 0 Å². The van der Waals surface area contributed by atoms with Gasteiger partial charge in [-0.3, -0.25) is 4.79 Å². The first-order valence-corrected chi connectivity index (χ1v) is 5.77. The zero-order valence-corrected chi connectivity index (χ0v) is 10.8. The van der Waals surface area contributed by atoms with Crippen LogP contribution in [-0.2, 0) is 4.79 Å². The van der Waals surface area contributed by atoms with E-state index in [1.807, 2.05) is 20.8 Å². The van der Waals surface area contributed by atoms with Crippen LogP contribution >= 0.6 is 0 Å². The minimum atomic E-state index is -1.01. The van der Waals surface area contributed by atoms with Crippen molar-refractivity contribution in [1.29, 1.82) is 0 Å². The van der Waals surface area contributed by atoms with E-state index in [9.17, 15) is 9.59 Å². The summed E-state index contributed by atoms with van der Waals surface area (Å²) in [6.07, 6.45) is 0. The second-order valence-electron chi connectivity index (χ2n) is 4.42. The summed E-state index contributed by atoms with van der Waals surface area (Å²) in [5.41, 5.74) is 1.52. The number of hydrogen-bond donors (Lipinski definition) is 3. The van der Waals surface area contributed by atoms with Crippen LogP contribution in [0.4, 0.5) is 5.69 Å². The number of benzene rings is 1. The number of carbonyl (C=O) groups is 2. The zero-order chi connectivity index (χ0) is 13.7. The van der Waals surface area contributed by atoms with Crippen molar-refractivity contribution in [3.8, 4) is 0 Å². The summed E-state index contributed by atoms with van der Waals surface area (Å²) in [5.74, 6) is -1.19. The van der Waals surface area contributed by atoms with E-state index in [0.29, 0.717) is 5.69 Å². The number of aromatic carboxylic acids is 1. The normalized spacial score (nSPS) is 10.4. The SMILES string of the molecule is Cc1ccc(C(=O)O)cc1NC(=O)CNC(C)C. The lowest BCUT2D eigenvalue weighted by Gasteiger charge is -2.11. The molecule has 0 bridgehead atoms. The van der Waals surface area contributed by atoms with Gasteiger partial charge in [-0.2, -0.15) is 0 Å². The summed E-state index contributed by atoms with van der Waals surface area (Å²) in [7, 11) is 0. The standard InChI is InChI=1S/C13H18N2O3/c1-8(2)14-7-12(16)15-11-6-10(13(17)18)5-4-9(11)3/h4-6,8,14H,7H2,1-3H3,(H,15,16)(H,17,18). The molecule has 3 N–H and O–H groups in total. The molecule has 0 aliphatic rings. The summed E-state index contributed by atoms with van der Waals surface area (Å²) in [5, 5.41) is 14.6. The molecule has 0 aliphatic heterocycles. The summed E-state index contributed by atoms with van der Waals surface area (Å²) in [6.45, 7) is 5.92. The minimum absolute atomic E-state index is 0.160. The lowest BCUT2D eigenvalue weighted by molar-refractivity contribution is -0.115. The maximum absolute atomic E-state index is 11.6. The molecule has 1 amide bonds. The molecular weight excluding hydrogens is 232 g/mol. The molecule has 0 spiro atoms. The van der Waals surface area contributed by atoms with E-state index < -0.39 is 5.97 Å². The number of carboxylic acid groups (broad SMARTS) is 1. The maximum Gasteiger partial charge on any atom is 0.335 e. The molecule has 0 fully saturated rings. The first kappa shape index (κ1) is 14.2. The van der Waals surface area contributed by atoms with E-state index in [1.165, 1.54) is 12.1 Å². The number of amides is 1. The van der Waals surface area contributed by atoms with Crippen LogP contribution in [0.5, 0.6) is 0 Å². The van der Waals surface area contributed by atoms with Gasteiger partial charge in [0.25, 0.3) is 0 Å². The Hall–Kier alpha value is -1.88. The van der Waals surface area contributed by atoms with Crippen LogP contribution in [0.1, 0.15) is 29.8 Å². The Bertz CT molecular complexity index is 456. The average molecular weight is 250 g/mol. The topological polar surface area (TPSA) is 78.4 Å². The Kier molecular flexibility index (Phi) is 4.85. The number of carbonyl (C=O) groups excluding carboxylic acids is 1. The molecule has 1 rings (SSSR count). The fourth-order valence-corrected chi connectivity index (χ4v) is 1.38. The maximum atomic E-state index is 11.6. The second-order valence-corrected chi connectivity index (χ2v) is 4.42. The quantitative estimate of drug-likeness (QED) is 0.742. The highest BCUT2D eigenvalue weighted by atomic mass is 16.4. The van der Waals surface area contributed by atoms with Crippen LogP contribution in [0, 0.1) is 6.92 Å². The van der Waals surface area contributed by atoms with Crippen molar-refractivity contribution in [3.05, 3.63) is 29.3 Å². The van der Waals surface area contributed by atoms with Crippen molar-refractivity contribution in [3.63, 3.8) is 0 Å². The van der Waals surface area contributed by atoms with Crippen LogP contribution < -0.4 is 10.6 Å². The minimum Gasteiger partial charge on any atom is -0.478 e. The molecule has 98 valence electrons. The average Bonchev–Trinajstić information content (AvgIpc) is 2.29. The monoisotopic (exact) mass is 250 g/mol. The lowest BCUT2D eigenvalue weighted by atomic mass is 10.1. The molecule has 0 aromatic heterocycles. The molecule has 0 aliphatic carbocycles. The molecule has 0 saturated heterocycles. The van der Waals surface area contributed by atoms with Crippen molar-refractivity contribution in [2.75, 3.05) is 11.9 Å². The number of hydrogen-bond acceptors (Lipinski definition) is 3. The first-order valence-electron chi connectivity index (χ1n) is 5.77. The predicted octanol–water partition coefficient (Wildman–Crippen LogP) is 1.63. The molecule has 18 heavy (non-hydrogen) atoms. The van der Waals surface area contributed by atoms with E-state index in [0.717, 1.165) is 5.56 Å². The molecule has 0 atom stereocenters. The van der Waals surface area contributed by atoms with Gasteiger partial charge in [-0.25, -0.2) is 4.79 Å². The molecule has 0 saturated carbocycles. The van der Waals surface area contributed by atoms with E-state index in [-0.39, 0.29) is 24.1 Å². The van der Waals surface area contributed by atoms with Crippen LogP contribution in [0.25, 0.3) is 0 Å².